The fraction of sp³-hybridized carbons (Fsp3) is 0.382. The molecule has 0 saturated heterocycles. The Morgan fingerprint density at radius 2 is 2.00 bits per heavy atom. The Balaban J connectivity index is 1.20. The van der Waals surface area contributed by atoms with E-state index in [0.717, 1.165) is 50.8 Å². The summed E-state index contributed by atoms with van der Waals surface area (Å²) in [5.74, 6) is 0.914. The number of nitrogens with two attached hydrogens (primary N) is 1. The molecule has 2 aromatic carbocycles. The summed E-state index contributed by atoms with van der Waals surface area (Å²) in [5.41, 5.74) is 14.5. The van der Waals surface area contributed by atoms with E-state index in [-0.39, 0.29) is 23.8 Å². The fourth-order valence-electron chi connectivity index (χ4n) is 6.97. The number of fused-ring (bicyclic) bond motifs is 2. The summed E-state index contributed by atoms with van der Waals surface area (Å²) in [4.78, 5) is 8.53. The summed E-state index contributed by atoms with van der Waals surface area (Å²) in [6.07, 6.45) is 9.52. The third-order valence-electron chi connectivity index (χ3n) is 9.18. The molecule has 8 nitrogen and oxygen atoms in total. The number of aromatic amines is 1. The van der Waals surface area contributed by atoms with Crippen molar-refractivity contribution >= 4 is 27.9 Å². The number of aromatic hydroxyl groups is 1. The predicted octanol–water partition coefficient (Wildman–Crippen LogP) is 7.58. The molecule has 0 amide bonds. The van der Waals surface area contributed by atoms with E-state index in [2.05, 4.69) is 27.8 Å². The van der Waals surface area contributed by atoms with E-state index in [9.17, 15) is 10.2 Å². The van der Waals surface area contributed by atoms with Crippen LogP contribution in [-0.2, 0) is 0 Å². The predicted molar refractivity (Wildman–Crippen MR) is 171 cm³/mol. The highest BCUT2D eigenvalue weighted by Crippen LogP contribution is 2.43. The van der Waals surface area contributed by atoms with Crippen LogP contribution < -0.4 is 16.4 Å². The maximum absolute atomic E-state index is 11.6. The van der Waals surface area contributed by atoms with E-state index in [1.807, 2.05) is 36.6 Å². The van der Waals surface area contributed by atoms with Crippen LogP contribution in [0.25, 0.3) is 22.2 Å². The first-order valence-electron chi connectivity index (χ1n) is 15.3. The first-order chi connectivity index (χ1) is 20.9. The number of nitrogens with one attached hydrogen (secondary N) is 3. The summed E-state index contributed by atoms with van der Waals surface area (Å²) in [5, 5.41) is 32.8. The number of phenolic OH excluding ortho intramolecular Hbond substituents is 1. The lowest BCUT2D eigenvalue weighted by atomic mass is 9.82. The lowest BCUT2D eigenvalue weighted by Crippen LogP contribution is -2.28. The Bertz CT molecular complexity index is 1700. The van der Waals surface area contributed by atoms with E-state index < -0.39 is 6.23 Å². The van der Waals surface area contributed by atoms with Crippen LogP contribution in [0.5, 0.6) is 5.75 Å². The molecule has 1 saturated carbocycles. The molecule has 1 fully saturated rings. The van der Waals surface area contributed by atoms with Crippen LogP contribution in [0.4, 0.5) is 5.69 Å². The average molecular weight is 598 g/mol. The third-order valence-corrected chi connectivity index (χ3v) is 10.2. The van der Waals surface area contributed by atoms with Gasteiger partial charge in [-0.2, -0.15) is 0 Å². The van der Waals surface area contributed by atoms with Gasteiger partial charge in [-0.15, -0.1) is 11.3 Å². The molecule has 224 valence electrons. The van der Waals surface area contributed by atoms with Crippen LogP contribution in [0.2, 0.25) is 0 Å². The van der Waals surface area contributed by atoms with Gasteiger partial charge in [0.25, 0.3) is 0 Å². The first-order valence-corrected chi connectivity index (χ1v) is 16.2. The second kappa shape index (κ2) is 11.8. The van der Waals surface area contributed by atoms with Crippen LogP contribution in [-0.4, -0.2) is 26.7 Å². The summed E-state index contributed by atoms with van der Waals surface area (Å²) < 4.78 is 5.45. The van der Waals surface area contributed by atoms with Crippen LogP contribution in [0, 0.1) is 0 Å². The van der Waals surface area contributed by atoms with Gasteiger partial charge in [-0.1, -0.05) is 31.4 Å². The largest absolute Gasteiger partial charge is 0.508 e. The zero-order valence-corrected chi connectivity index (χ0v) is 25.2. The molecule has 2 unspecified atom stereocenters. The number of aliphatic hydroxyl groups is 1. The molecule has 7 N–H and O–H groups in total. The SMILES string of the molecule is C[C@H](N)c1nc([C@H](CC2CNc3ccc(O)cc32)NC(O)c2ccc3c(C4CCCCC4)c(-c4ccoc4)[nH]c3c2)cs1. The number of hydrogen-bond donors (Lipinski definition) is 6. The number of phenols is 1. The van der Waals surface area contributed by atoms with Gasteiger partial charge in [0, 0.05) is 40.0 Å². The summed E-state index contributed by atoms with van der Waals surface area (Å²) in [6.45, 7) is 2.69. The van der Waals surface area contributed by atoms with Gasteiger partial charge in [-0.05, 0) is 79.1 Å². The van der Waals surface area contributed by atoms with E-state index in [0.29, 0.717) is 12.3 Å². The van der Waals surface area contributed by atoms with E-state index in [1.54, 1.807) is 29.9 Å². The van der Waals surface area contributed by atoms with Crippen molar-refractivity contribution in [1.82, 2.24) is 15.3 Å². The number of furan rings is 1. The molecule has 4 heterocycles. The topological polar surface area (TPSA) is 132 Å². The summed E-state index contributed by atoms with van der Waals surface area (Å²) in [6, 6.07) is 13.4. The number of benzene rings is 2. The Labute approximate surface area is 255 Å². The molecule has 9 heteroatoms. The molecule has 4 atom stereocenters. The molecular formula is C34H39N5O3S. The van der Waals surface area contributed by atoms with Crippen molar-refractivity contribution in [2.24, 2.45) is 5.73 Å². The second-order valence-electron chi connectivity index (χ2n) is 12.2. The summed E-state index contributed by atoms with van der Waals surface area (Å²) >= 11 is 1.55. The van der Waals surface area contributed by atoms with E-state index in [4.69, 9.17) is 15.1 Å². The van der Waals surface area contributed by atoms with Crippen LogP contribution in [0.3, 0.4) is 0 Å². The zero-order chi connectivity index (χ0) is 29.5. The minimum absolute atomic E-state index is 0.147. The normalized spacial score (nSPS) is 19.3. The number of anilines is 1. The minimum Gasteiger partial charge on any atom is -0.508 e. The van der Waals surface area contributed by atoms with Crippen molar-refractivity contribution in [3.05, 3.63) is 87.8 Å². The number of aliphatic hydroxyl groups excluding tert-OH is 1. The second-order valence-corrected chi connectivity index (χ2v) is 13.1. The molecule has 1 aliphatic carbocycles. The Kier molecular flexibility index (Phi) is 7.73. The van der Waals surface area contributed by atoms with Gasteiger partial charge in [0.2, 0.25) is 0 Å². The number of nitrogens with zero attached hydrogens (tertiary/aromatic N) is 1. The molecule has 1 aliphatic heterocycles. The maximum atomic E-state index is 11.6. The van der Waals surface area contributed by atoms with Crippen LogP contribution in [0.1, 0.15) is 103 Å². The van der Waals surface area contributed by atoms with Crippen LogP contribution in [0.15, 0.2) is 64.8 Å². The van der Waals surface area contributed by atoms with Crippen molar-refractivity contribution in [3.8, 4) is 17.0 Å². The standard InChI is InChI=1S/C34H39N5O3S/c1-19(35)34-39-30(18-43-34)29(14-23-16-36-27-10-8-24(40)15-26(23)27)38-33(41)21-7-9-25-28(13-21)37-32(22-11-12-42-17-22)31(25)20-5-3-2-4-6-20/h7-13,15,17-20,23,29,33,36-38,40-41H,2-6,14,16,35H2,1H3/t19-,23?,29-,33?/m0/s1. The number of rotatable bonds is 9. The molecule has 2 aliphatic rings. The number of thiazole rings is 1. The zero-order valence-electron chi connectivity index (χ0n) is 24.3. The maximum Gasteiger partial charge on any atom is 0.131 e. The molecule has 43 heavy (non-hydrogen) atoms. The highest BCUT2D eigenvalue weighted by Gasteiger charge is 2.30. The monoisotopic (exact) mass is 597 g/mol. The van der Waals surface area contributed by atoms with Gasteiger partial charge >= 0.3 is 0 Å². The van der Waals surface area contributed by atoms with Gasteiger partial charge in [-0.3, -0.25) is 5.32 Å². The number of aromatic nitrogens is 2. The minimum atomic E-state index is -0.910. The molecular weight excluding hydrogens is 558 g/mol. The van der Waals surface area contributed by atoms with E-state index in [1.165, 1.54) is 43.1 Å². The summed E-state index contributed by atoms with van der Waals surface area (Å²) in [7, 11) is 0. The Hall–Kier alpha value is -3.63. The number of H-pyrrole nitrogens is 1. The number of hydrogen-bond acceptors (Lipinski definition) is 8. The van der Waals surface area contributed by atoms with Crippen molar-refractivity contribution < 1.29 is 14.6 Å². The fourth-order valence-corrected chi connectivity index (χ4v) is 7.81. The highest BCUT2D eigenvalue weighted by molar-refractivity contribution is 7.09. The lowest BCUT2D eigenvalue weighted by Gasteiger charge is -2.25. The molecule has 0 radical (unpaired) electrons. The van der Waals surface area contributed by atoms with Gasteiger partial charge < -0.3 is 30.7 Å². The first kappa shape index (κ1) is 28.2. The molecule has 0 bridgehead atoms. The lowest BCUT2D eigenvalue weighted by molar-refractivity contribution is 0.119. The van der Waals surface area contributed by atoms with Gasteiger partial charge in [0.1, 0.15) is 17.0 Å². The van der Waals surface area contributed by atoms with E-state index >= 15 is 0 Å². The van der Waals surface area contributed by atoms with Gasteiger partial charge in [-0.25, -0.2) is 4.98 Å². The average Bonchev–Trinajstić information content (AvgIpc) is 3.83. The highest BCUT2D eigenvalue weighted by atomic mass is 32.1. The van der Waals surface area contributed by atoms with Crippen LogP contribution >= 0.6 is 11.3 Å². The van der Waals surface area contributed by atoms with Crippen molar-refractivity contribution in [2.75, 3.05) is 11.9 Å². The molecule has 7 rings (SSSR count). The Morgan fingerprint density at radius 1 is 1.14 bits per heavy atom. The Morgan fingerprint density at radius 3 is 2.77 bits per heavy atom. The third kappa shape index (κ3) is 5.58. The quantitative estimate of drug-likeness (QED) is 0.0762. The van der Waals surface area contributed by atoms with Crippen molar-refractivity contribution in [1.29, 1.82) is 0 Å². The molecule has 0 spiro atoms. The van der Waals surface area contributed by atoms with Gasteiger partial charge in [0.15, 0.2) is 0 Å². The van der Waals surface area contributed by atoms with Crippen molar-refractivity contribution in [2.45, 2.75) is 75.6 Å². The molecule has 5 aromatic rings. The van der Waals surface area contributed by atoms with Gasteiger partial charge in [0.05, 0.1) is 36.0 Å². The smallest absolute Gasteiger partial charge is 0.131 e. The molecule has 3 aromatic heterocycles. The van der Waals surface area contributed by atoms with Crippen molar-refractivity contribution in [3.63, 3.8) is 0 Å².